The molecule has 4 nitrogen and oxygen atoms in total. The van der Waals surface area contributed by atoms with E-state index in [1.54, 1.807) is 12.1 Å². The normalized spacial score (nSPS) is 13.8. The molecular weight excluding hydrogens is 274 g/mol. The first-order chi connectivity index (χ1) is 7.68. The number of aliphatic hydroxyl groups is 1. The number of halogens is 1. The second-order valence-electron chi connectivity index (χ2n) is 4.97. The highest BCUT2D eigenvalue weighted by Crippen LogP contribution is 2.30. The molecule has 0 aromatic heterocycles. The third-order valence-corrected chi connectivity index (χ3v) is 4.05. The zero-order valence-electron chi connectivity index (χ0n) is 10.8. The molecule has 1 aromatic carbocycles. The lowest BCUT2D eigenvalue weighted by Gasteiger charge is -2.29. The molecule has 0 bridgehead atoms. The molecule has 3 N–H and O–H groups in total. The molecule has 0 aliphatic rings. The van der Waals surface area contributed by atoms with Gasteiger partial charge in [-0.15, -0.1) is 12.4 Å². The maximum Gasteiger partial charge on any atom is 0.175 e. The first-order valence-electron chi connectivity index (χ1n) is 5.35. The lowest BCUT2D eigenvalue weighted by Crippen LogP contribution is -2.32. The van der Waals surface area contributed by atoms with Crippen LogP contribution in [0.15, 0.2) is 29.2 Å². The van der Waals surface area contributed by atoms with Gasteiger partial charge in [0.2, 0.25) is 0 Å². The Kier molecular flexibility index (Phi) is 5.81. The van der Waals surface area contributed by atoms with Gasteiger partial charge in [-0.25, -0.2) is 8.42 Å². The van der Waals surface area contributed by atoms with E-state index in [-0.39, 0.29) is 30.0 Å². The molecule has 0 aliphatic carbocycles. The second kappa shape index (κ2) is 6.02. The first kappa shape index (κ1) is 17.4. The van der Waals surface area contributed by atoms with Crippen LogP contribution in [0, 0.1) is 5.41 Å². The summed E-state index contributed by atoms with van der Waals surface area (Å²) in [6, 6.07) is 6.13. The van der Waals surface area contributed by atoms with Crippen molar-refractivity contribution in [3.05, 3.63) is 29.8 Å². The Bertz CT molecular complexity index is 483. The fourth-order valence-corrected chi connectivity index (χ4v) is 2.10. The summed E-state index contributed by atoms with van der Waals surface area (Å²) in [6.45, 7) is 3.70. The Labute approximate surface area is 115 Å². The quantitative estimate of drug-likeness (QED) is 0.882. The number of benzene rings is 1. The molecule has 1 atom stereocenters. The van der Waals surface area contributed by atoms with Crippen LogP contribution in [-0.4, -0.2) is 26.4 Å². The minimum absolute atomic E-state index is 0. The van der Waals surface area contributed by atoms with E-state index < -0.39 is 15.3 Å². The maximum atomic E-state index is 11.3. The highest BCUT2D eigenvalue weighted by molar-refractivity contribution is 7.90. The predicted octanol–water partition coefficient (Wildman–Crippen LogP) is 1.53. The Balaban J connectivity index is 0.00000289. The van der Waals surface area contributed by atoms with Crippen molar-refractivity contribution in [1.82, 2.24) is 0 Å². The summed E-state index contributed by atoms with van der Waals surface area (Å²) in [5.41, 5.74) is 6.41. The minimum Gasteiger partial charge on any atom is -0.396 e. The number of nitrogens with two attached hydrogens (primary N) is 1. The van der Waals surface area contributed by atoms with E-state index in [0.29, 0.717) is 0 Å². The summed E-state index contributed by atoms with van der Waals surface area (Å²) < 4.78 is 22.6. The number of rotatable bonds is 4. The average molecular weight is 294 g/mol. The smallest absolute Gasteiger partial charge is 0.175 e. The first-order valence-corrected chi connectivity index (χ1v) is 7.24. The van der Waals surface area contributed by atoms with E-state index in [1.165, 1.54) is 18.4 Å². The zero-order valence-corrected chi connectivity index (χ0v) is 12.4. The molecule has 0 fully saturated rings. The Hall–Kier alpha value is -0.620. The number of sulfone groups is 1. The maximum absolute atomic E-state index is 11.3. The molecule has 0 radical (unpaired) electrons. The van der Waals surface area contributed by atoms with E-state index in [4.69, 9.17) is 5.73 Å². The van der Waals surface area contributed by atoms with Gasteiger partial charge in [-0.2, -0.15) is 0 Å². The molecule has 1 aromatic rings. The van der Waals surface area contributed by atoms with Crippen LogP contribution in [0.25, 0.3) is 0 Å². The average Bonchev–Trinajstić information content (AvgIpc) is 2.27. The van der Waals surface area contributed by atoms with E-state index >= 15 is 0 Å². The molecule has 0 saturated carbocycles. The molecule has 0 amide bonds. The number of aliphatic hydroxyl groups excluding tert-OH is 1. The Morgan fingerprint density at radius 1 is 1.28 bits per heavy atom. The summed E-state index contributed by atoms with van der Waals surface area (Å²) in [5.74, 6) is 0. The van der Waals surface area contributed by atoms with Crippen LogP contribution in [0.5, 0.6) is 0 Å². The topological polar surface area (TPSA) is 80.4 Å². The Morgan fingerprint density at radius 2 is 1.72 bits per heavy atom. The molecule has 6 heteroatoms. The fraction of sp³-hybridized carbons (Fsp3) is 0.500. The van der Waals surface area contributed by atoms with Crippen molar-refractivity contribution >= 4 is 22.2 Å². The molecule has 104 valence electrons. The van der Waals surface area contributed by atoms with Crippen LogP contribution < -0.4 is 5.73 Å². The van der Waals surface area contributed by atoms with Crippen LogP contribution in [-0.2, 0) is 9.84 Å². The molecular formula is C12H20ClNO3S. The summed E-state index contributed by atoms with van der Waals surface area (Å²) in [7, 11) is -3.18. The molecule has 0 heterocycles. The molecule has 0 aliphatic heterocycles. The molecule has 0 unspecified atom stereocenters. The van der Waals surface area contributed by atoms with Crippen molar-refractivity contribution in [3.8, 4) is 0 Å². The van der Waals surface area contributed by atoms with Gasteiger partial charge in [0.1, 0.15) is 0 Å². The van der Waals surface area contributed by atoms with E-state index in [9.17, 15) is 13.5 Å². The standard InChI is InChI=1S/C12H19NO3S.ClH/c1-12(2,8-14)11(13)9-4-6-10(7-5-9)17(3,15)16;/h4-7,11,14H,8,13H2,1-3H3;1H/t11-;/m0./s1. The van der Waals surface area contributed by atoms with Crippen molar-refractivity contribution in [2.24, 2.45) is 11.1 Å². The zero-order chi connectivity index (χ0) is 13.3. The lowest BCUT2D eigenvalue weighted by atomic mass is 9.82. The second-order valence-corrected chi connectivity index (χ2v) is 6.98. The van der Waals surface area contributed by atoms with Crippen molar-refractivity contribution in [2.75, 3.05) is 12.9 Å². The van der Waals surface area contributed by atoms with Gasteiger partial charge in [-0.05, 0) is 17.7 Å². The van der Waals surface area contributed by atoms with Gasteiger partial charge >= 0.3 is 0 Å². The minimum atomic E-state index is -3.18. The van der Waals surface area contributed by atoms with Crippen molar-refractivity contribution in [3.63, 3.8) is 0 Å². The largest absolute Gasteiger partial charge is 0.396 e. The van der Waals surface area contributed by atoms with Crippen molar-refractivity contribution in [2.45, 2.75) is 24.8 Å². The van der Waals surface area contributed by atoms with E-state index in [1.807, 2.05) is 13.8 Å². The highest BCUT2D eigenvalue weighted by atomic mass is 35.5. The SMILES string of the molecule is CC(C)(CO)[C@@H](N)c1ccc(S(C)(=O)=O)cc1.Cl. The van der Waals surface area contributed by atoms with E-state index in [2.05, 4.69) is 0 Å². The van der Waals surface area contributed by atoms with Crippen LogP contribution in [0.4, 0.5) is 0 Å². The Morgan fingerprint density at radius 3 is 2.06 bits per heavy atom. The van der Waals surface area contributed by atoms with Crippen LogP contribution in [0.2, 0.25) is 0 Å². The third-order valence-electron chi connectivity index (χ3n) is 2.92. The fourth-order valence-electron chi connectivity index (χ4n) is 1.47. The summed E-state index contributed by atoms with van der Waals surface area (Å²) >= 11 is 0. The number of hydrogen-bond donors (Lipinski definition) is 2. The monoisotopic (exact) mass is 293 g/mol. The van der Waals surface area contributed by atoms with Gasteiger partial charge in [0.05, 0.1) is 4.90 Å². The summed E-state index contributed by atoms with van der Waals surface area (Å²) in [5, 5.41) is 9.23. The summed E-state index contributed by atoms with van der Waals surface area (Å²) in [6.07, 6.45) is 1.17. The molecule has 0 spiro atoms. The van der Waals surface area contributed by atoms with E-state index in [0.717, 1.165) is 5.56 Å². The van der Waals surface area contributed by atoms with Gasteiger partial charge in [0, 0.05) is 24.3 Å². The van der Waals surface area contributed by atoms with Gasteiger partial charge in [-0.3, -0.25) is 0 Å². The van der Waals surface area contributed by atoms with Crippen LogP contribution >= 0.6 is 12.4 Å². The van der Waals surface area contributed by atoms with Gasteiger partial charge < -0.3 is 10.8 Å². The van der Waals surface area contributed by atoms with Crippen LogP contribution in [0.1, 0.15) is 25.5 Å². The van der Waals surface area contributed by atoms with Gasteiger partial charge in [0.25, 0.3) is 0 Å². The number of hydrogen-bond acceptors (Lipinski definition) is 4. The molecule has 18 heavy (non-hydrogen) atoms. The predicted molar refractivity (Wildman–Crippen MR) is 74.6 cm³/mol. The lowest BCUT2D eigenvalue weighted by molar-refractivity contribution is 0.132. The van der Waals surface area contributed by atoms with Crippen molar-refractivity contribution < 1.29 is 13.5 Å². The van der Waals surface area contributed by atoms with Gasteiger partial charge in [0.15, 0.2) is 9.84 Å². The molecule has 0 saturated heterocycles. The summed E-state index contributed by atoms with van der Waals surface area (Å²) in [4.78, 5) is 0.273. The van der Waals surface area contributed by atoms with Crippen LogP contribution in [0.3, 0.4) is 0 Å². The third kappa shape index (κ3) is 3.95. The van der Waals surface area contributed by atoms with Gasteiger partial charge in [-0.1, -0.05) is 26.0 Å². The molecule has 1 rings (SSSR count). The highest BCUT2D eigenvalue weighted by Gasteiger charge is 2.27. The van der Waals surface area contributed by atoms with Crippen molar-refractivity contribution in [1.29, 1.82) is 0 Å².